The van der Waals surface area contributed by atoms with Crippen LogP contribution in [0.2, 0.25) is 0 Å². The molecule has 5 heteroatoms. The number of ether oxygens (including phenoxy) is 1. The zero-order valence-corrected chi connectivity index (χ0v) is 16.0. The SMILES string of the molecule is [CH]c1cccc(-c2cc3[nH]nc(N)c3c(-c3ccc(Oc4ccccc4)cc3)n2)c1. The van der Waals surface area contributed by atoms with Crippen molar-refractivity contribution in [2.24, 2.45) is 0 Å². The molecule has 2 radical (unpaired) electrons. The summed E-state index contributed by atoms with van der Waals surface area (Å²) in [4.78, 5) is 4.89. The van der Waals surface area contributed by atoms with Crippen molar-refractivity contribution in [3.05, 3.63) is 97.4 Å². The molecule has 0 bridgehead atoms. The summed E-state index contributed by atoms with van der Waals surface area (Å²) < 4.78 is 5.89. The van der Waals surface area contributed by atoms with Gasteiger partial charge in [-0.05, 0) is 61.0 Å². The lowest BCUT2D eigenvalue weighted by atomic mass is 10.0. The molecule has 0 amide bonds. The van der Waals surface area contributed by atoms with Crippen molar-refractivity contribution < 1.29 is 4.74 Å². The summed E-state index contributed by atoms with van der Waals surface area (Å²) in [5.41, 5.74) is 11.0. The molecule has 0 saturated carbocycles. The molecular formula is C25H18N4O. The molecule has 5 rings (SSSR count). The van der Waals surface area contributed by atoms with E-state index >= 15 is 0 Å². The Morgan fingerprint density at radius 3 is 2.33 bits per heavy atom. The molecule has 5 aromatic rings. The molecule has 3 aromatic carbocycles. The van der Waals surface area contributed by atoms with E-state index in [1.54, 1.807) is 0 Å². The number of rotatable bonds is 4. The lowest BCUT2D eigenvalue weighted by molar-refractivity contribution is 0.483. The molecule has 3 N–H and O–H groups in total. The number of nitrogens with two attached hydrogens (primary N) is 1. The van der Waals surface area contributed by atoms with Gasteiger partial charge in [-0.25, -0.2) is 4.98 Å². The Hall–Kier alpha value is -4.12. The van der Waals surface area contributed by atoms with E-state index in [9.17, 15) is 0 Å². The summed E-state index contributed by atoms with van der Waals surface area (Å²) >= 11 is 0. The molecule has 5 nitrogen and oxygen atoms in total. The van der Waals surface area contributed by atoms with Crippen LogP contribution in [0.1, 0.15) is 5.56 Å². The van der Waals surface area contributed by atoms with Gasteiger partial charge in [0.2, 0.25) is 0 Å². The van der Waals surface area contributed by atoms with E-state index in [2.05, 4.69) is 10.2 Å². The van der Waals surface area contributed by atoms with Crippen molar-refractivity contribution in [1.29, 1.82) is 0 Å². The first-order chi connectivity index (χ1) is 14.7. The molecule has 0 aliphatic carbocycles. The standard InChI is InChI=1S/C25H18N4O/c1-16-6-5-7-18(14-16)21-15-22-23(25(26)29-28-22)24(27-21)17-10-12-20(13-11-17)30-19-8-3-2-4-9-19/h1-15H,(H3,26,28,29). The summed E-state index contributed by atoms with van der Waals surface area (Å²) in [6, 6.07) is 27.0. The van der Waals surface area contributed by atoms with E-state index in [4.69, 9.17) is 22.4 Å². The van der Waals surface area contributed by atoms with Crippen molar-refractivity contribution in [1.82, 2.24) is 15.2 Å². The third kappa shape index (κ3) is 3.37. The minimum Gasteiger partial charge on any atom is -0.457 e. The molecule has 0 fully saturated rings. The lowest BCUT2D eigenvalue weighted by Crippen LogP contribution is -1.93. The van der Waals surface area contributed by atoms with Crippen LogP contribution < -0.4 is 10.5 Å². The monoisotopic (exact) mass is 390 g/mol. The van der Waals surface area contributed by atoms with Gasteiger partial charge in [0.1, 0.15) is 11.5 Å². The summed E-state index contributed by atoms with van der Waals surface area (Å²) in [7, 11) is 0. The molecule has 144 valence electrons. The van der Waals surface area contributed by atoms with Gasteiger partial charge in [0.05, 0.1) is 22.3 Å². The molecule has 0 atom stereocenters. The van der Waals surface area contributed by atoms with Crippen LogP contribution in [0.25, 0.3) is 33.4 Å². The molecule has 30 heavy (non-hydrogen) atoms. The van der Waals surface area contributed by atoms with Crippen LogP contribution >= 0.6 is 0 Å². The van der Waals surface area contributed by atoms with Gasteiger partial charge in [-0.15, -0.1) is 0 Å². The highest BCUT2D eigenvalue weighted by molar-refractivity contribution is 6.01. The largest absolute Gasteiger partial charge is 0.457 e. The normalized spacial score (nSPS) is 11.0. The van der Waals surface area contributed by atoms with Crippen LogP contribution in [0, 0.1) is 6.92 Å². The van der Waals surface area contributed by atoms with Crippen molar-refractivity contribution >= 4 is 16.7 Å². The van der Waals surface area contributed by atoms with Gasteiger partial charge < -0.3 is 10.5 Å². The number of nitrogen functional groups attached to an aromatic ring is 1. The maximum Gasteiger partial charge on any atom is 0.155 e. The number of fused-ring (bicyclic) bond motifs is 1. The van der Waals surface area contributed by atoms with E-state index in [-0.39, 0.29) is 0 Å². The fourth-order valence-corrected chi connectivity index (χ4v) is 3.43. The predicted octanol–water partition coefficient (Wildman–Crippen LogP) is 5.73. The van der Waals surface area contributed by atoms with Gasteiger partial charge >= 0.3 is 0 Å². The number of para-hydroxylation sites is 1. The molecule has 0 aliphatic rings. The first kappa shape index (κ1) is 17.9. The second-order valence-electron chi connectivity index (χ2n) is 6.95. The maximum absolute atomic E-state index is 6.13. The van der Waals surface area contributed by atoms with E-state index in [0.717, 1.165) is 44.9 Å². The molecule has 0 unspecified atom stereocenters. The Kier molecular flexibility index (Phi) is 4.41. The third-order valence-electron chi connectivity index (χ3n) is 4.86. The molecule has 2 heterocycles. The highest BCUT2D eigenvalue weighted by Gasteiger charge is 2.15. The van der Waals surface area contributed by atoms with Crippen LogP contribution in [-0.2, 0) is 0 Å². The van der Waals surface area contributed by atoms with E-state index in [1.165, 1.54) is 0 Å². The number of aromatic nitrogens is 3. The minimum atomic E-state index is 0.413. The number of hydrogen-bond donors (Lipinski definition) is 2. The molecule has 2 aromatic heterocycles. The van der Waals surface area contributed by atoms with Gasteiger partial charge in [0.15, 0.2) is 5.82 Å². The van der Waals surface area contributed by atoms with Crippen LogP contribution in [0.15, 0.2) is 84.9 Å². The third-order valence-corrected chi connectivity index (χ3v) is 4.86. The number of aromatic amines is 1. The number of hydrogen-bond acceptors (Lipinski definition) is 4. The van der Waals surface area contributed by atoms with Gasteiger partial charge in [-0.2, -0.15) is 5.10 Å². The number of anilines is 1. The summed E-state index contributed by atoms with van der Waals surface area (Å²) in [6.45, 7) is 5.96. The Morgan fingerprint density at radius 1 is 0.800 bits per heavy atom. The topological polar surface area (TPSA) is 76.8 Å². The van der Waals surface area contributed by atoms with Gasteiger partial charge in [0, 0.05) is 11.1 Å². The summed E-state index contributed by atoms with van der Waals surface area (Å²) in [5, 5.41) is 7.96. The number of nitrogens with zero attached hydrogens (tertiary/aromatic N) is 2. The van der Waals surface area contributed by atoms with Crippen molar-refractivity contribution in [3.8, 4) is 34.0 Å². The number of benzene rings is 3. The van der Waals surface area contributed by atoms with Crippen molar-refractivity contribution in [2.45, 2.75) is 0 Å². The second kappa shape index (κ2) is 7.37. The van der Waals surface area contributed by atoms with Gasteiger partial charge in [0.25, 0.3) is 0 Å². The Bertz CT molecular complexity index is 1320. The molecule has 0 aliphatic heterocycles. The molecular weight excluding hydrogens is 372 g/mol. The first-order valence-electron chi connectivity index (χ1n) is 9.51. The second-order valence-corrected chi connectivity index (χ2v) is 6.95. The summed E-state index contributed by atoms with van der Waals surface area (Å²) in [5.74, 6) is 1.94. The number of H-pyrrole nitrogens is 1. The smallest absolute Gasteiger partial charge is 0.155 e. The molecule has 0 spiro atoms. The van der Waals surface area contributed by atoms with Crippen LogP contribution in [-0.4, -0.2) is 15.2 Å². The van der Waals surface area contributed by atoms with Crippen molar-refractivity contribution in [3.63, 3.8) is 0 Å². The van der Waals surface area contributed by atoms with Gasteiger partial charge in [-0.1, -0.05) is 36.4 Å². The van der Waals surface area contributed by atoms with E-state index in [0.29, 0.717) is 11.4 Å². The van der Waals surface area contributed by atoms with Crippen LogP contribution in [0.3, 0.4) is 0 Å². The average molecular weight is 390 g/mol. The fourth-order valence-electron chi connectivity index (χ4n) is 3.43. The predicted molar refractivity (Wildman–Crippen MR) is 119 cm³/mol. The highest BCUT2D eigenvalue weighted by Crippen LogP contribution is 2.34. The van der Waals surface area contributed by atoms with Crippen LogP contribution in [0.4, 0.5) is 5.82 Å². The van der Waals surface area contributed by atoms with E-state index < -0.39 is 0 Å². The highest BCUT2D eigenvalue weighted by atomic mass is 16.5. The Morgan fingerprint density at radius 2 is 1.57 bits per heavy atom. The quantitative estimate of drug-likeness (QED) is 0.411. The van der Waals surface area contributed by atoms with E-state index in [1.807, 2.05) is 84.9 Å². The fraction of sp³-hybridized carbons (Fsp3) is 0. The average Bonchev–Trinajstić information content (AvgIpc) is 3.15. The lowest BCUT2D eigenvalue weighted by Gasteiger charge is -2.10. The Labute approximate surface area is 174 Å². The zero-order valence-electron chi connectivity index (χ0n) is 16.0. The minimum absolute atomic E-state index is 0.413. The summed E-state index contributed by atoms with van der Waals surface area (Å²) in [6.07, 6.45) is 0. The van der Waals surface area contributed by atoms with Crippen LogP contribution in [0.5, 0.6) is 11.5 Å². The van der Waals surface area contributed by atoms with Gasteiger partial charge in [-0.3, -0.25) is 5.10 Å². The zero-order chi connectivity index (χ0) is 20.5. The maximum atomic E-state index is 6.13. The first-order valence-corrected chi connectivity index (χ1v) is 9.51. The van der Waals surface area contributed by atoms with Crippen molar-refractivity contribution in [2.75, 3.05) is 5.73 Å². The Balaban J connectivity index is 1.58. The molecule has 0 saturated heterocycles. The number of nitrogens with one attached hydrogen (secondary N) is 1. The number of pyridine rings is 1.